The van der Waals surface area contributed by atoms with Gasteiger partial charge in [0.15, 0.2) is 0 Å². The topological polar surface area (TPSA) is 88.7 Å². The van der Waals surface area contributed by atoms with Crippen LogP contribution < -0.4 is 9.64 Å². The van der Waals surface area contributed by atoms with Crippen molar-refractivity contribution in [1.29, 1.82) is 0 Å². The van der Waals surface area contributed by atoms with Crippen molar-refractivity contribution in [2.75, 3.05) is 24.6 Å². The molecule has 0 bridgehead atoms. The highest BCUT2D eigenvalue weighted by molar-refractivity contribution is 5.89. The lowest BCUT2D eigenvalue weighted by Crippen LogP contribution is -2.34. The average Bonchev–Trinajstić information content (AvgIpc) is 3.16. The van der Waals surface area contributed by atoms with Crippen LogP contribution in [0.15, 0.2) is 22.7 Å². The van der Waals surface area contributed by atoms with Crippen molar-refractivity contribution in [2.24, 2.45) is 5.92 Å². The van der Waals surface area contributed by atoms with E-state index >= 15 is 0 Å². The molecule has 1 fully saturated rings. The fourth-order valence-electron chi connectivity index (χ4n) is 3.47. The van der Waals surface area contributed by atoms with Crippen LogP contribution in [0, 0.1) is 12.8 Å². The SMILES string of the molecule is Cc1cc(OCCCC2CCN(c3noc(C(C)(F)F)n3)CC2)ccc1C(=O)O. The molecule has 158 valence electrons. The number of benzene rings is 1. The minimum Gasteiger partial charge on any atom is -0.494 e. The molecule has 2 heterocycles. The Morgan fingerprint density at radius 2 is 2.10 bits per heavy atom. The number of nitrogens with zero attached hydrogens (tertiary/aromatic N) is 3. The molecule has 1 aromatic heterocycles. The third-order valence-corrected chi connectivity index (χ3v) is 5.14. The number of piperidine rings is 1. The van der Waals surface area contributed by atoms with E-state index < -0.39 is 17.8 Å². The maximum Gasteiger partial charge on any atom is 0.335 e. The Bertz CT molecular complexity index is 842. The minimum atomic E-state index is -3.13. The molecule has 7 nitrogen and oxygen atoms in total. The average molecular weight is 409 g/mol. The van der Waals surface area contributed by atoms with Crippen LogP contribution in [0.3, 0.4) is 0 Å². The number of rotatable bonds is 8. The molecule has 0 aliphatic carbocycles. The van der Waals surface area contributed by atoms with Crippen LogP contribution in [0.25, 0.3) is 0 Å². The minimum absolute atomic E-state index is 0.225. The largest absolute Gasteiger partial charge is 0.494 e. The smallest absolute Gasteiger partial charge is 0.335 e. The van der Waals surface area contributed by atoms with E-state index in [0.717, 1.165) is 32.6 Å². The predicted molar refractivity (Wildman–Crippen MR) is 102 cm³/mol. The van der Waals surface area contributed by atoms with Gasteiger partial charge in [-0.1, -0.05) is 0 Å². The first-order valence-electron chi connectivity index (χ1n) is 9.67. The summed E-state index contributed by atoms with van der Waals surface area (Å²) in [5.41, 5.74) is 0.952. The van der Waals surface area contributed by atoms with Crippen molar-refractivity contribution in [3.8, 4) is 5.75 Å². The second-order valence-electron chi connectivity index (χ2n) is 7.49. The van der Waals surface area contributed by atoms with Crippen molar-refractivity contribution < 1.29 is 27.9 Å². The molecule has 1 N–H and O–H groups in total. The van der Waals surface area contributed by atoms with Crippen molar-refractivity contribution in [1.82, 2.24) is 10.1 Å². The van der Waals surface area contributed by atoms with E-state index in [9.17, 15) is 13.6 Å². The summed E-state index contributed by atoms with van der Waals surface area (Å²) >= 11 is 0. The van der Waals surface area contributed by atoms with Gasteiger partial charge in [-0.3, -0.25) is 0 Å². The third kappa shape index (κ3) is 5.42. The fraction of sp³-hybridized carbons (Fsp3) is 0.550. The Labute approximate surface area is 167 Å². The highest BCUT2D eigenvalue weighted by Crippen LogP contribution is 2.29. The monoisotopic (exact) mass is 409 g/mol. The molecule has 0 spiro atoms. The van der Waals surface area contributed by atoms with Crippen LogP contribution in [-0.4, -0.2) is 40.9 Å². The molecule has 1 aliphatic rings. The molecule has 0 atom stereocenters. The molecule has 9 heteroatoms. The molecule has 0 amide bonds. The number of halogens is 2. The molecule has 1 saturated heterocycles. The number of carbonyl (C=O) groups is 1. The second kappa shape index (κ2) is 8.75. The van der Waals surface area contributed by atoms with Crippen LogP contribution in [0.1, 0.15) is 54.4 Å². The zero-order chi connectivity index (χ0) is 21.0. The maximum atomic E-state index is 13.2. The number of carboxylic acid groups (broad SMARTS) is 1. The number of aromatic carboxylic acids is 1. The summed E-state index contributed by atoms with van der Waals surface area (Å²) in [4.78, 5) is 16.7. The molecule has 0 unspecified atom stereocenters. The van der Waals surface area contributed by atoms with Gasteiger partial charge in [-0.15, -0.1) is 0 Å². The molecular weight excluding hydrogens is 384 g/mol. The van der Waals surface area contributed by atoms with E-state index in [1.54, 1.807) is 25.1 Å². The number of ether oxygens (including phenoxy) is 1. The summed E-state index contributed by atoms with van der Waals surface area (Å²) in [5, 5.41) is 12.7. The Balaban J connectivity index is 1.39. The van der Waals surface area contributed by atoms with Gasteiger partial charge in [0.05, 0.1) is 12.2 Å². The number of hydrogen-bond donors (Lipinski definition) is 1. The fourth-order valence-corrected chi connectivity index (χ4v) is 3.47. The standard InChI is InChI=1S/C20H25F2N3O4/c1-13-12-15(5-6-16(13)17(26)27)28-11-3-4-14-7-9-25(10-8-14)19-23-18(29-24-19)20(2,21)22/h5-6,12,14H,3-4,7-11H2,1-2H3,(H,26,27). The number of aryl methyl sites for hydroxylation is 1. The summed E-state index contributed by atoms with van der Waals surface area (Å²) in [7, 11) is 0. The quantitative estimate of drug-likeness (QED) is 0.652. The van der Waals surface area contributed by atoms with Crippen LogP contribution in [0.5, 0.6) is 5.75 Å². The van der Waals surface area contributed by atoms with Crippen LogP contribution >= 0.6 is 0 Å². The van der Waals surface area contributed by atoms with E-state index in [4.69, 9.17) is 9.84 Å². The van der Waals surface area contributed by atoms with E-state index in [1.165, 1.54) is 0 Å². The third-order valence-electron chi connectivity index (χ3n) is 5.14. The van der Waals surface area contributed by atoms with Crippen molar-refractivity contribution in [2.45, 2.75) is 45.5 Å². The molecule has 1 aromatic carbocycles. The van der Waals surface area contributed by atoms with Crippen molar-refractivity contribution in [3.63, 3.8) is 0 Å². The van der Waals surface area contributed by atoms with Crippen LogP contribution in [0.4, 0.5) is 14.7 Å². The van der Waals surface area contributed by atoms with Crippen molar-refractivity contribution in [3.05, 3.63) is 35.2 Å². The van der Waals surface area contributed by atoms with E-state index in [2.05, 4.69) is 14.7 Å². The lowest BCUT2D eigenvalue weighted by molar-refractivity contribution is -0.0158. The molecule has 2 aromatic rings. The number of carboxylic acids is 1. The van der Waals surface area contributed by atoms with Gasteiger partial charge in [0.1, 0.15) is 5.75 Å². The van der Waals surface area contributed by atoms with Gasteiger partial charge >= 0.3 is 11.9 Å². The van der Waals surface area contributed by atoms with Gasteiger partial charge in [0.2, 0.25) is 0 Å². The number of anilines is 1. The highest BCUT2D eigenvalue weighted by atomic mass is 19.3. The summed E-state index contributed by atoms with van der Waals surface area (Å²) in [5.74, 6) is -3.30. The summed E-state index contributed by atoms with van der Waals surface area (Å²) < 4.78 is 36.8. The number of aromatic nitrogens is 2. The van der Waals surface area contributed by atoms with Gasteiger partial charge in [0, 0.05) is 20.0 Å². The zero-order valence-corrected chi connectivity index (χ0v) is 16.5. The molecule has 0 radical (unpaired) electrons. The van der Waals surface area contributed by atoms with E-state index in [-0.39, 0.29) is 11.5 Å². The van der Waals surface area contributed by atoms with Gasteiger partial charge in [0.25, 0.3) is 11.8 Å². The summed E-state index contributed by atoms with van der Waals surface area (Å²) in [6, 6.07) is 4.97. The maximum absolute atomic E-state index is 13.2. The molecule has 29 heavy (non-hydrogen) atoms. The van der Waals surface area contributed by atoms with Crippen molar-refractivity contribution >= 4 is 11.9 Å². The normalized spacial score (nSPS) is 15.5. The predicted octanol–water partition coefficient (Wildman–Crippen LogP) is 4.26. The number of alkyl halides is 2. The lowest BCUT2D eigenvalue weighted by Gasteiger charge is -2.30. The van der Waals surface area contributed by atoms with Gasteiger partial charge in [-0.2, -0.15) is 13.8 Å². The van der Waals surface area contributed by atoms with E-state index in [0.29, 0.717) is 36.9 Å². The first-order chi connectivity index (χ1) is 13.7. The molecule has 3 rings (SSSR count). The van der Waals surface area contributed by atoms with Gasteiger partial charge in [-0.05, 0) is 67.4 Å². The zero-order valence-electron chi connectivity index (χ0n) is 16.5. The van der Waals surface area contributed by atoms with Gasteiger partial charge in [-0.25, -0.2) is 4.79 Å². The first-order valence-corrected chi connectivity index (χ1v) is 9.67. The highest BCUT2D eigenvalue weighted by Gasteiger charge is 2.33. The summed E-state index contributed by atoms with van der Waals surface area (Å²) in [6.45, 7) is 4.45. The Morgan fingerprint density at radius 1 is 1.38 bits per heavy atom. The van der Waals surface area contributed by atoms with Gasteiger partial charge < -0.3 is 19.3 Å². The Kier molecular flexibility index (Phi) is 6.34. The summed E-state index contributed by atoms with van der Waals surface area (Å²) in [6.07, 6.45) is 3.75. The second-order valence-corrected chi connectivity index (χ2v) is 7.49. The van der Waals surface area contributed by atoms with Crippen LogP contribution in [0.2, 0.25) is 0 Å². The van der Waals surface area contributed by atoms with E-state index in [1.807, 2.05) is 4.90 Å². The molecular formula is C20H25F2N3O4. The Morgan fingerprint density at radius 3 is 2.69 bits per heavy atom. The molecule has 1 aliphatic heterocycles. The van der Waals surface area contributed by atoms with Crippen LogP contribution in [-0.2, 0) is 5.92 Å². The Hall–Kier alpha value is -2.71. The first kappa shape index (κ1) is 21.0. The molecule has 0 saturated carbocycles. The number of hydrogen-bond acceptors (Lipinski definition) is 6. The lowest BCUT2D eigenvalue weighted by atomic mass is 9.92.